The highest BCUT2D eigenvalue weighted by atomic mass is 16.5. The summed E-state index contributed by atoms with van der Waals surface area (Å²) in [6.07, 6.45) is 15.3. The Kier molecular flexibility index (Phi) is 12.2. The third-order valence-corrected chi connectivity index (χ3v) is 2.45. The lowest BCUT2D eigenvalue weighted by Crippen LogP contribution is -2.01. The molecular formula is C15H26O2. The van der Waals surface area contributed by atoms with Crippen molar-refractivity contribution in [1.82, 2.24) is 0 Å². The predicted octanol–water partition coefficient (Wildman–Crippen LogP) is 4.41. The Balaban J connectivity index is 3.45. The van der Waals surface area contributed by atoms with Gasteiger partial charge in [-0.3, -0.25) is 0 Å². The Morgan fingerprint density at radius 3 is 2.41 bits per heavy atom. The van der Waals surface area contributed by atoms with Crippen LogP contribution in [0.15, 0.2) is 24.3 Å². The molecule has 2 heteroatoms. The van der Waals surface area contributed by atoms with Gasteiger partial charge in [-0.1, -0.05) is 57.8 Å². The van der Waals surface area contributed by atoms with Crippen molar-refractivity contribution in [2.45, 2.75) is 58.8 Å². The lowest BCUT2D eigenvalue weighted by molar-refractivity contribution is -0.137. The molecule has 0 radical (unpaired) electrons. The van der Waals surface area contributed by atoms with Gasteiger partial charge >= 0.3 is 5.97 Å². The molecule has 0 aromatic carbocycles. The number of esters is 1. The van der Waals surface area contributed by atoms with Gasteiger partial charge in [-0.05, 0) is 19.3 Å². The lowest BCUT2D eigenvalue weighted by Gasteiger charge is -1.99. The molecule has 0 amide bonds. The van der Waals surface area contributed by atoms with Crippen LogP contribution in [0.2, 0.25) is 0 Å². The van der Waals surface area contributed by atoms with Crippen LogP contribution in [-0.4, -0.2) is 12.6 Å². The third kappa shape index (κ3) is 12.9. The summed E-state index contributed by atoms with van der Waals surface area (Å²) in [6, 6.07) is 0. The van der Waals surface area contributed by atoms with Crippen LogP contribution in [0.25, 0.3) is 0 Å². The molecule has 0 fully saturated rings. The summed E-state index contributed by atoms with van der Waals surface area (Å²) in [7, 11) is 0. The van der Waals surface area contributed by atoms with Crippen LogP contribution < -0.4 is 0 Å². The Hall–Kier alpha value is -1.05. The molecule has 0 aromatic heterocycles. The van der Waals surface area contributed by atoms with Gasteiger partial charge in [0.05, 0.1) is 6.61 Å². The quantitative estimate of drug-likeness (QED) is 0.244. The average Bonchev–Trinajstić information content (AvgIpc) is 2.33. The van der Waals surface area contributed by atoms with E-state index in [0.717, 1.165) is 25.7 Å². The van der Waals surface area contributed by atoms with E-state index >= 15 is 0 Å². The van der Waals surface area contributed by atoms with E-state index in [9.17, 15) is 4.79 Å². The second-order valence-electron chi connectivity index (χ2n) is 4.16. The fourth-order valence-electron chi connectivity index (χ4n) is 1.39. The molecule has 0 N–H and O–H groups in total. The lowest BCUT2D eigenvalue weighted by atomic mass is 10.2. The van der Waals surface area contributed by atoms with Crippen LogP contribution in [0, 0.1) is 0 Å². The molecule has 98 valence electrons. The number of carbonyl (C=O) groups excluding carboxylic acids is 1. The normalized spacial score (nSPS) is 11.4. The topological polar surface area (TPSA) is 26.3 Å². The number of unbranched alkanes of at least 4 members (excludes halogenated alkanes) is 5. The first-order valence-corrected chi connectivity index (χ1v) is 6.81. The number of hydrogen-bond donors (Lipinski definition) is 0. The molecule has 0 aliphatic rings. The summed E-state index contributed by atoms with van der Waals surface area (Å²) in [5.74, 6) is -0.237. The first-order valence-electron chi connectivity index (χ1n) is 6.81. The summed E-state index contributed by atoms with van der Waals surface area (Å²) in [5, 5.41) is 0. The predicted molar refractivity (Wildman–Crippen MR) is 72.9 cm³/mol. The molecule has 0 heterocycles. The zero-order valence-corrected chi connectivity index (χ0v) is 11.3. The van der Waals surface area contributed by atoms with Crippen molar-refractivity contribution >= 4 is 5.97 Å². The summed E-state index contributed by atoms with van der Waals surface area (Å²) >= 11 is 0. The molecule has 0 rings (SSSR count). The van der Waals surface area contributed by atoms with Gasteiger partial charge in [-0.15, -0.1) is 0 Å². The summed E-state index contributed by atoms with van der Waals surface area (Å²) in [6.45, 7) is 4.86. The molecule has 0 aliphatic heterocycles. The fraction of sp³-hybridized carbons (Fsp3) is 0.667. The van der Waals surface area contributed by atoms with Gasteiger partial charge in [-0.25, -0.2) is 4.79 Å². The molecule has 0 bridgehead atoms. The molecule has 0 spiro atoms. The van der Waals surface area contributed by atoms with E-state index < -0.39 is 0 Å². The molecule has 2 nitrogen and oxygen atoms in total. The smallest absolute Gasteiger partial charge is 0.330 e. The van der Waals surface area contributed by atoms with Crippen molar-refractivity contribution in [2.24, 2.45) is 0 Å². The number of hydrogen-bond acceptors (Lipinski definition) is 2. The molecule has 0 aliphatic carbocycles. The first-order chi connectivity index (χ1) is 8.31. The van der Waals surface area contributed by atoms with Crippen molar-refractivity contribution in [2.75, 3.05) is 6.61 Å². The first kappa shape index (κ1) is 16.0. The van der Waals surface area contributed by atoms with Crippen molar-refractivity contribution in [3.05, 3.63) is 24.3 Å². The highest BCUT2D eigenvalue weighted by Gasteiger charge is 1.94. The number of ether oxygens (including phenoxy) is 1. The molecule has 0 atom stereocenters. The molecule has 17 heavy (non-hydrogen) atoms. The van der Waals surface area contributed by atoms with E-state index in [1.54, 1.807) is 6.08 Å². The minimum absolute atomic E-state index is 0.237. The van der Waals surface area contributed by atoms with E-state index in [4.69, 9.17) is 4.74 Å². The van der Waals surface area contributed by atoms with Crippen LogP contribution in [0.4, 0.5) is 0 Å². The fourth-order valence-corrected chi connectivity index (χ4v) is 1.39. The van der Waals surface area contributed by atoms with Gasteiger partial charge in [0, 0.05) is 6.08 Å². The molecular weight excluding hydrogens is 212 g/mol. The minimum atomic E-state index is -0.237. The van der Waals surface area contributed by atoms with Crippen molar-refractivity contribution in [3.8, 4) is 0 Å². The van der Waals surface area contributed by atoms with Gasteiger partial charge in [-0.2, -0.15) is 0 Å². The number of rotatable bonds is 10. The van der Waals surface area contributed by atoms with Crippen LogP contribution in [-0.2, 0) is 9.53 Å². The van der Waals surface area contributed by atoms with Gasteiger partial charge in [0.2, 0.25) is 0 Å². The summed E-state index contributed by atoms with van der Waals surface area (Å²) in [4.78, 5) is 11.2. The van der Waals surface area contributed by atoms with E-state index in [0.29, 0.717) is 6.61 Å². The van der Waals surface area contributed by atoms with E-state index in [2.05, 4.69) is 19.9 Å². The maximum Gasteiger partial charge on any atom is 0.330 e. The second-order valence-corrected chi connectivity index (χ2v) is 4.16. The Bertz CT molecular complexity index is 229. The third-order valence-electron chi connectivity index (χ3n) is 2.45. The standard InChI is InChI=1S/C15H26O2/c1-3-5-7-8-9-10-11-13-15(16)17-14-12-6-4-2/h9-11,13H,3-8,12,14H2,1-2H3/b10-9+,13-11+. The SMILES string of the molecule is CCCCC/C=C/C=C/C(=O)OCCCCC. The van der Waals surface area contributed by atoms with Crippen LogP contribution in [0.3, 0.4) is 0 Å². The summed E-state index contributed by atoms with van der Waals surface area (Å²) < 4.78 is 5.03. The number of carbonyl (C=O) groups is 1. The Labute approximate surface area is 106 Å². The van der Waals surface area contributed by atoms with Crippen molar-refractivity contribution in [1.29, 1.82) is 0 Å². The van der Waals surface area contributed by atoms with Crippen molar-refractivity contribution in [3.63, 3.8) is 0 Å². The minimum Gasteiger partial charge on any atom is -0.463 e. The van der Waals surface area contributed by atoms with Gasteiger partial charge < -0.3 is 4.74 Å². The average molecular weight is 238 g/mol. The van der Waals surface area contributed by atoms with Gasteiger partial charge in [0.25, 0.3) is 0 Å². The maximum atomic E-state index is 11.2. The van der Waals surface area contributed by atoms with E-state index in [1.807, 2.05) is 6.08 Å². The Morgan fingerprint density at radius 1 is 1.00 bits per heavy atom. The highest BCUT2D eigenvalue weighted by molar-refractivity contribution is 5.82. The largest absolute Gasteiger partial charge is 0.463 e. The van der Waals surface area contributed by atoms with Crippen LogP contribution >= 0.6 is 0 Å². The number of allylic oxidation sites excluding steroid dienone is 3. The molecule has 0 saturated heterocycles. The molecule has 0 aromatic rings. The Morgan fingerprint density at radius 2 is 1.71 bits per heavy atom. The van der Waals surface area contributed by atoms with E-state index in [1.165, 1.54) is 25.3 Å². The molecule has 0 saturated carbocycles. The zero-order chi connectivity index (χ0) is 12.8. The molecule has 0 unspecified atom stereocenters. The summed E-state index contributed by atoms with van der Waals surface area (Å²) in [5.41, 5.74) is 0. The zero-order valence-electron chi connectivity index (χ0n) is 11.3. The highest BCUT2D eigenvalue weighted by Crippen LogP contribution is 1.99. The van der Waals surface area contributed by atoms with E-state index in [-0.39, 0.29) is 5.97 Å². The van der Waals surface area contributed by atoms with Crippen LogP contribution in [0.1, 0.15) is 58.8 Å². The van der Waals surface area contributed by atoms with Gasteiger partial charge in [0.15, 0.2) is 0 Å². The maximum absolute atomic E-state index is 11.2. The monoisotopic (exact) mass is 238 g/mol. The van der Waals surface area contributed by atoms with Gasteiger partial charge in [0.1, 0.15) is 0 Å². The second kappa shape index (κ2) is 13.0. The van der Waals surface area contributed by atoms with Crippen molar-refractivity contribution < 1.29 is 9.53 Å². The van der Waals surface area contributed by atoms with Crippen LogP contribution in [0.5, 0.6) is 0 Å².